The van der Waals surface area contributed by atoms with Crippen LogP contribution in [0.1, 0.15) is 106 Å². The van der Waals surface area contributed by atoms with Crippen molar-refractivity contribution in [2.45, 2.75) is 89.4 Å². The molecule has 0 amide bonds. The summed E-state index contributed by atoms with van der Waals surface area (Å²) in [5.74, 6) is -3.78. The van der Waals surface area contributed by atoms with E-state index in [4.69, 9.17) is 4.42 Å². The summed E-state index contributed by atoms with van der Waals surface area (Å²) < 4.78 is 37.3. The molecule has 46 heavy (non-hydrogen) atoms. The largest absolute Gasteiger partial charge is 0.478 e. The van der Waals surface area contributed by atoms with E-state index >= 15 is 8.78 Å². The molecule has 1 aliphatic rings. The smallest absolute Gasteiger partial charge is 0.335 e. The molecule has 1 heterocycles. The number of carboxylic acid groups (broad SMARTS) is 1. The van der Waals surface area contributed by atoms with Gasteiger partial charge in [0.25, 0.3) is 5.92 Å². The first-order valence-electron chi connectivity index (χ1n) is 16.2. The van der Waals surface area contributed by atoms with E-state index in [1.807, 2.05) is 19.1 Å². The Morgan fingerprint density at radius 1 is 1.11 bits per heavy atom. The molecule has 0 aliphatic heterocycles. The van der Waals surface area contributed by atoms with Crippen LogP contribution in [0.15, 0.2) is 89.1 Å². The molecule has 0 radical (unpaired) electrons. The van der Waals surface area contributed by atoms with Gasteiger partial charge in [-0.2, -0.15) is 0 Å². The minimum atomic E-state index is -3.20. The number of carbonyl (C=O) groups is 1. The van der Waals surface area contributed by atoms with E-state index < -0.39 is 18.3 Å². The zero-order valence-electron chi connectivity index (χ0n) is 26.7. The molecule has 0 bridgehead atoms. The molecule has 4 aromatic rings. The fourth-order valence-electron chi connectivity index (χ4n) is 6.94. The lowest BCUT2D eigenvalue weighted by molar-refractivity contribution is -0.000834. The van der Waals surface area contributed by atoms with E-state index in [9.17, 15) is 14.7 Å². The molecule has 1 aromatic heterocycles. The maximum absolute atomic E-state index is 15.3. The van der Waals surface area contributed by atoms with Gasteiger partial charge in [0.15, 0.2) is 5.43 Å². The standard InChI is InChI=1S/C40H42F2O4/c1-5-11-27-18-19-30-22-31(16-10-15-29(30)21-27)37-26(4)36(43)35-24-32(40(41,42)20-6-2)23-34(38(35)46-37)25(3)12-9-14-28-13-7-8-17-33(28)39(44)45/h5-8,13,17-19,21,23-25,31H,1-2,9-12,14-16,20,22H2,3-4H3,(H,44,45). The predicted molar refractivity (Wildman–Crippen MR) is 180 cm³/mol. The maximum Gasteiger partial charge on any atom is 0.335 e. The van der Waals surface area contributed by atoms with Gasteiger partial charge < -0.3 is 9.52 Å². The number of benzene rings is 3. The summed E-state index contributed by atoms with van der Waals surface area (Å²) in [7, 11) is 0. The van der Waals surface area contributed by atoms with Crippen molar-refractivity contribution >= 4 is 16.9 Å². The Hall–Kier alpha value is -4.32. The second-order valence-electron chi connectivity index (χ2n) is 12.7. The highest BCUT2D eigenvalue weighted by Gasteiger charge is 2.33. The summed E-state index contributed by atoms with van der Waals surface area (Å²) in [4.78, 5) is 25.7. The van der Waals surface area contributed by atoms with Gasteiger partial charge in [0.05, 0.1) is 10.9 Å². The lowest BCUT2D eigenvalue weighted by Gasteiger charge is -2.22. The van der Waals surface area contributed by atoms with Gasteiger partial charge in [-0.3, -0.25) is 4.79 Å². The number of alkyl halides is 2. The minimum Gasteiger partial charge on any atom is -0.478 e. The molecule has 240 valence electrons. The molecule has 1 N–H and O–H groups in total. The molecule has 2 atom stereocenters. The van der Waals surface area contributed by atoms with Crippen LogP contribution in [0.4, 0.5) is 8.78 Å². The second kappa shape index (κ2) is 14.0. The number of carboxylic acids is 1. The Morgan fingerprint density at radius 3 is 2.63 bits per heavy atom. The van der Waals surface area contributed by atoms with Crippen LogP contribution in [-0.4, -0.2) is 11.1 Å². The molecule has 5 rings (SSSR count). The van der Waals surface area contributed by atoms with Crippen molar-refractivity contribution in [3.05, 3.63) is 140 Å². The summed E-state index contributed by atoms with van der Waals surface area (Å²) >= 11 is 0. The first-order valence-corrected chi connectivity index (χ1v) is 16.2. The number of fused-ring (bicyclic) bond motifs is 2. The summed E-state index contributed by atoms with van der Waals surface area (Å²) in [5, 5.41) is 9.75. The van der Waals surface area contributed by atoms with Crippen LogP contribution in [0, 0.1) is 6.92 Å². The molecule has 3 aromatic carbocycles. The van der Waals surface area contributed by atoms with Gasteiger partial charge >= 0.3 is 5.97 Å². The average Bonchev–Trinajstić information content (AvgIpc) is 3.24. The van der Waals surface area contributed by atoms with Gasteiger partial charge in [-0.25, -0.2) is 13.6 Å². The molecule has 0 saturated heterocycles. The van der Waals surface area contributed by atoms with E-state index in [2.05, 4.69) is 31.4 Å². The van der Waals surface area contributed by atoms with Crippen LogP contribution in [0.2, 0.25) is 0 Å². The van der Waals surface area contributed by atoms with Gasteiger partial charge in [0.2, 0.25) is 0 Å². The van der Waals surface area contributed by atoms with Crippen molar-refractivity contribution < 1.29 is 23.1 Å². The monoisotopic (exact) mass is 624 g/mol. The molecule has 4 nitrogen and oxygen atoms in total. The number of halogens is 2. The van der Waals surface area contributed by atoms with Gasteiger partial charge in [0.1, 0.15) is 11.3 Å². The van der Waals surface area contributed by atoms with Gasteiger partial charge in [0, 0.05) is 23.5 Å². The summed E-state index contributed by atoms with van der Waals surface area (Å²) in [6.07, 6.45) is 8.61. The first kappa shape index (κ1) is 33.1. The first-order chi connectivity index (χ1) is 22.0. The van der Waals surface area contributed by atoms with Crippen LogP contribution >= 0.6 is 0 Å². The molecular formula is C40H42F2O4. The fraction of sp³-hybridized carbons (Fsp3) is 0.350. The van der Waals surface area contributed by atoms with Crippen molar-refractivity contribution in [1.82, 2.24) is 0 Å². The zero-order chi connectivity index (χ0) is 33.0. The Morgan fingerprint density at radius 2 is 1.89 bits per heavy atom. The highest BCUT2D eigenvalue weighted by molar-refractivity contribution is 5.89. The molecule has 1 aliphatic carbocycles. The van der Waals surface area contributed by atoms with Gasteiger partial charge in [-0.15, -0.1) is 13.2 Å². The molecular weight excluding hydrogens is 582 g/mol. The molecule has 0 saturated carbocycles. The van der Waals surface area contributed by atoms with Gasteiger partial charge in [-0.05, 0) is 110 Å². The van der Waals surface area contributed by atoms with Crippen molar-refractivity contribution in [2.24, 2.45) is 0 Å². The van der Waals surface area contributed by atoms with Gasteiger partial charge in [-0.1, -0.05) is 55.5 Å². The van der Waals surface area contributed by atoms with Crippen molar-refractivity contribution in [2.75, 3.05) is 0 Å². The Balaban J connectivity index is 1.55. The van der Waals surface area contributed by atoms with E-state index in [-0.39, 0.29) is 33.8 Å². The summed E-state index contributed by atoms with van der Waals surface area (Å²) in [5.41, 5.74) is 5.69. The molecule has 0 fully saturated rings. The zero-order valence-corrected chi connectivity index (χ0v) is 26.7. The highest BCUT2D eigenvalue weighted by Crippen LogP contribution is 2.40. The number of aryl methyl sites for hydroxylation is 2. The molecule has 2 unspecified atom stereocenters. The SMILES string of the molecule is C=CCc1ccc2c(c1)CCCC(c1oc3c(C(C)CCCc4ccccc4C(=O)O)cc(C(F)(F)CC=C)cc3c(=O)c1C)C2. The van der Waals surface area contributed by atoms with Crippen molar-refractivity contribution in [3.8, 4) is 0 Å². The predicted octanol–water partition coefficient (Wildman–Crippen LogP) is 9.99. The van der Waals surface area contributed by atoms with Crippen LogP contribution in [0.3, 0.4) is 0 Å². The number of hydrogen-bond donors (Lipinski definition) is 1. The third kappa shape index (κ3) is 6.91. The van der Waals surface area contributed by atoms with E-state index in [1.54, 1.807) is 25.1 Å². The van der Waals surface area contributed by atoms with Crippen LogP contribution in [-0.2, 0) is 31.6 Å². The topological polar surface area (TPSA) is 67.5 Å². The normalized spacial score (nSPS) is 15.6. The average molecular weight is 625 g/mol. The van der Waals surface area contributed by atoms with E-state index in [0.717, 1.165) is 37.7 Å². The van der Waals surface area contributed by atoms with Crippen molar-refractivity contribution in [3.63, 3.8) is 0 Å². The van der Waals surface area contributed by atoms with Crippen molar-refractivity contribution in [1.29, 1.82) is 0 Å². The van der Waals surface area contributed by atoms with Crippen LogP contribution < -0.4 is 5.43 Å². The van der Waals surface area contributed by atoms with E-state index in [1.165, 1.54) is 34.9 Å². The van der Waals surface area contributed by atoms with E-state index in [0.29, 0.717) is 41.7 Å². The number of hydrogen-bond acceptors (Lipinski definition) is 3. The Kier molecular flexibility index (Phi) is 10.0. The third-order valence-corrected chi connectivity index (χ3v) is 9.46. The second-order valence-corrected chi connectivity index (χ2v) is 12.7. The number of allylic oxidation sites excluding steroid dienone is 2. The quantitative estimate of drug-likeness (QED) is 0.126. The lowest BCUT2D eigenvalue weighted by atomic mass is 9.87. The fourth-order valence-corrected chi connectivity index (χ4v) is 6.94. The van der Waals surface area contributed by atoms with Crippen LogP contribution in [0.5, 0.6) is 0 Å². The Bertz CT molecular complexity index is 1830. The maximum atomic E-state index is 15.3. The molecule has 6 heteroatoms. The number of aromatic carboxylic acids is 1. The highest BCUT2D eigenvalue weighted by atomic mass is 19.3. The summed E-state index contributed by atoms with van der Waals surface area (Å²) in [6, 6.07) is 16.3. The minimum absolute atomic E-state index is 0.0128. The Labute approximate surface area is 269 Å². The lowest BCUT2D eigenvalue weighted by Crippen LogP contribution is -2.18. The van der Waals surface area contributed by atoms with Crippen LogP contribution in [0.25, 0.3) is 11.0 Å². The summed E-state index contributed by atoms with van der Waals surface area (Å²) in [6.45, 7) is 11.1. The third-order valence-electron chi connectivity index (χ3n) is 9.46. The molecule has 0 spiro atoms. The number of rotatable bonds is 12.